The topological polar surface area (TPSA) is 77.2 Å². The molecule has 1 atom stereocenters. The van der Waals surface area contributed by atoms with Gasteiger partial charge < -0.3 is 14.5 Å². The standard InChI is InChI=1S/C21H23N3O3/c1-4-26-21(25)17-12(2)27-20-18(17)19(22-13(3)23-20)24-16-11-7-9-14-8-5-6-10-15(14)16/h5-6,8,10,16H,4,7,9,11H2,1-3H3,(H,22,23,24)/t16-/m1/s1. The monoisotopic (exact) mass is 365 g/mol. The van der Waals surface area contributed by atoms with E-state index in [-0.39, 0.29) is 6.04 Å². The fraction of sp³-hybridized carbons (Fsp3) is 0.381. The molecular weight excluding hydrogens is 342 g/mol. The maximum Gasteiger partial charge on any atom is 0.342 e. The molecule has 0 saturated carbocycles. The van der Waals surface area contributed by atoms with E-state index in [0.29, 0.717) is 40.7 Å². The van der Waals surface area contributed by atoms with Crippen molar-refractivity contribution in [3.05, 3.63) is 52.5 Å². The number of hydrogen-bond donors (Lipinski definition) is 1. The highest BCUT2D eigenvalue weighted by molar-refractivity contribution is 6.07. The molecule has 2 aromatic heterocycles. The van der Waals surface area contributed by atoms with Crippen molar-refractivity contribution >= 4 is 22.9 Å². The van der Waals surface area contributed by atoms with E-state index in [1.165, 1.54) is 11.1 Å². The molecule has 0 amide bonds. The molecule has 4 rings (SSSR count). The van der Waals surface area contributed by atoms with Crippen LogP contribution in [0.2, 0.25) is 0 Å². The summed E-state index contributed by atoms with van der Waals surface area (Å²) in [7, 11) is 0. The van der Waals surface area contributed by atoms with Gasteiger partial charge in [0.25, 0.3) is 0 Å². The van der Waals surface area contributed by atoms with Gasteiger partial charge in [0.15, 0.2) is 0 Å². The molecule has 0 aliphatic heterocycles. The second-order valence-corrected chi connectivity index (χ2v) is 6.84. The Hall–Kier alpha value is -2.89. The number of carbonyl (C=O) groups is 1. The second-order valence-electron chi connectivity index (χ2n) is 6.84. The molecule has 0 unspecified atom stereocenters. The summed E-state index contributed by atoms with van der Waals surface area (Å²) in [5.41, 5.74) is 3.46. The van der Waals surface area contributed by atoms with Crippen LogP contribution in [0.15, 0.2) is 28.7 Å². The van der Waals surface area contributed by atoms with Crippen molar-refractivity contribution in [2.75, 3.05) is 11.9 Å². The minimum Gasteiger partial charge on any atom is -0.462 e. The summed E-state index contributed by atoms with van der Waals surface area (Å²) in [5, 5.41) is 4.15. The van der Waals surface area contributed by atoms with Gasteiger partial charge in [-0.25, -0.2) is 9.78 Å². The van der Waals surface area contributed by atoms with E-state index in [9.17, 15) is 4.79 Å². The molecule has 6 heteroatoms. The third-order valence-electron chi connectivity index (χ3n) is 5.00. The number of fused-ring (bicyclic) bond motifs is 2. The fourth-order valence-electron chi connectivity index (χ4n) is 3.84. The van der Waals surface area contributed by atoms with Gasteiger partial charge in [-0.1, -0.05) is 24.3 Å². The smallest absolute Gasteiger partial charge is 0.342 e. The molecule has 6 nitrogen and oxygen atoms in total. The maximum atomic E-state index is 12.5. The Labute approximate surface area is 158 Å². The number of ether oxygens (including phenoxy) is 1. The molecule has 140 valence electrons. The van der Waals surface area contributed by atoms with E-state index in [1.807, 2.05) is 6.92 Å². The lowest BCUT2D eigenvalue weighted by atomic mass is 9.87. The minimum atomic E-state index is -0.409. The van der Waals surface area contributed by atoms with Crippen LogP contribution >= 0.6 is 0 Å². The number of benzene rings is 1. The molecule has 0 bridgehead atoms. The molecule has 27 heavy (non-hydrogen) atoms. The first-order valence-corrected chi connectivity index (χ1v) is 9.37. The first-order valence-electron chi connectivity index (χ1n) is 9.37. The third kappa shape index (κ3) is 3.16. The second kappa shape index (κ2) is 7.02. The summed E-state index contributed by atoms with van der Waals surface area (Å²) >= 11 is 0. The fourth-order valence-corrected chi connectivity index (χ4v) is 3.84. The maximum absolute atomic E-state index is 12.5. The zero-order chi connectivity index (χ0) is 19.0. The highest BCUT2D eigenvalue weighted by Crippen LogP contribution is 2.36. The number of nitrogens with zero attached hydrogens (tertiary/aromatic N) is 2. The van der Waals surface area contributed by atoms with Crippen molar-refractivity contribution in [3.63, 3.8) is 0 Å². The first-order chi connectivity index (χ1) is 13.1. The molecule has 2 heterocycles. The van der Waals surface area contributed by atoms with Gasteiger partial charge in [0.2, 0.25) is 5.71 Å². The zero-order valence-electron chi connectivity index (χ0n) is 15.8. The molecule has 0 spiro atoms. The van der Waals surface area contributed by atoms with E-state index in [0.717, 1.165) is 19.3 Å². The lowest BCUT2D eigenvalue weighted by Gasteiger charge is -2.27. The van der Waals surface area contributed by atoms with Gasteiger partial charge in [-0.05, 0) is 51.2 Å². The third-order valence-corrected chi connectivity index (χ3v) is 5.00. The quantitative estimate of drug-likeness (QED) is 0.686. The molecule has 3 aromatic rings. The van der Waals surface area contributed by atoms with Crippen LogP contribution in [0.1, 0.15) is 58.9 Å². The van der Waals surface area contributed by atoms with Crippen molar-refractivity contribution in [1.29, 1.82) is 0 Å². The van der Waals surface area contributed by atoms with Crippen molar-refractivity contribution in [3.8, 4) is 0 Å². The van der Waals surface area contributed by atoms with Crippen LogP contribution < -0.4 is 5.32 Å². The summed E-state index contributed by atoms with van der Waals surface area (Å²) in [6.45, 7) is 5.66. The summed E-state index contributed by atoms with van der Waals surface area (Å²) in [4.78, 5) is 21.5. The van der Waals surface area contributed by atoms with Crippen LogP contribution in [-0.2, 0) is 11.2 Å². The number of hydrogen-bond acceptors (Lipinski definition) is 6. The van der Waals surface area contributed by atoms with Gasteiger partial charge in [0.1, 0.15) is 23.0 Å². The van der Waals surface area contributed by atoms with Crippen LogP contribution in [0.25, 0.3) is 11.1 Å². The molecule has 1 aromatic carbocycles. The van der Waals surface area contributed by atoms with Gasteiger partial charge in [0.05, 0.1) is 18.0 Å². The van der Waals surface area contributed by atoms with E-state index in [2.05, 4.69) is 39.6 Å². The van der Waals surface area contributed by atoms with Gasteiger partial charge in [-0.2, -0.15) is 4.98 Å². The molecular formula is C21H23N3O3. The Balaban J connectivity index is 1.81. The van der Waals surface area contributed by atoms with Crippen molar-refractivity contribution in [1.82, 2.24) is 9.97 Å². The lowest BCUT2D eigenvalue weighted by Crippen LogP contribution is -2.18. The highest BCUT2D eigenvalue weighted by atomic mass is 16.5. The van der Waals surface area contributed by atoms with E-state index < -0.39 is 5.97 Å². The Morgan fingerprint density at radius 2 is 2.11 bits per heavy atom. The molecule has 1 aliphatic rings. The number of nitrogens with one attached hydrogen (secondary N) is 1. The summed E-state index contributed by atoms with van der Waals surface area (Å²) in [5.74, 6) is 1.31. The van der Waals surface area contributed by atoms with E-state index in [4.69, 9.17) is 9.15 Å². The minimum absolute atomic E-state index is 0.137. The largest absolute Gasteiger partial charge is 0.462 e. The Morgan fingerprint density at radius 1 is 1.30 bits per heavy atom. The number of esters is 1. The van der Waals surface area contributed by atoms with Crippen LogP contribution in [0.3, 0.4) is 0 Å². The Kier molecular flexibility index (Phi) is 4.56. The Morgan fingerprint density at radius 3 is 2.93 bits per heavy atom. The summed E-state index contributed by atoms with van der Waals surface area (Å²) in [6, 6.07) is 8.61. The molecule has 1 N–H and O–H groups in total. The highest BCUT2D eigenvalue weighted by Gasteiger charge is 2.27. The molecule has 0 saturated heterocycles. The number of anilines is 1. The number of carbonyl (C=O) groups excluding carboxylic acids is 1. The number of aryl methyl sites for hydroxylation is 3. The molecule has 0 radical (unpaired) electrons. The number of aromatic nitrogens is 2. The molecule has 0 fully saturated rings. The van der Waals surface area contributed by atoms with E-state index in [1.54, 1.807) is 13.8 Å². The lowest BCUT2D eigenvalue weighted by molar-refractivity contribution is 0.0526. The summed E-state index contributed by atoms with van der Waals surface area (Å²) in [6.07, 6.45) is 3.20. The normalized spacial score (nSPS) is 16.2. The Bertz CT molecular complexity index is 1010. The van der Waals surface area contributed by atoms with Gasteiger partial charge in [0, 0.05) is 0 Å². The SMILES string of the molecule is CCOC(=O)c1c(C)oc2nc(C)nc(N[C@@H]3CCCc4ccccc43)c12. The van der Waals surface area contributed by atoms with Crippen LogP contribution in [-0.4, -0.2) is 22.5 Å². The van der Waals surface area contributed by atoms with Crippen molar-refractivity contribution in [2.24, 2.45) is 0 Å². The summed E-state index contributed by atoms with van der Waals surface area (Å²) < 4.78 is 11.0. The van der Waals surface area contributed by atoms with Crippen molar-refractivity contribution < 1.29 is 13.9 Å². The number of furan rings is 1. The first kappa shape index (κ1) is 17.5. The van der Waals surface area contributed by atoms with Gasteiger partial charge in [-0.15, -0.1) is 0 Å². The average Bonchev–Trinajstić information content (AvgIpc) is 2.98. The van der Waals surface area contributed by atoms with Crippen LogP contribution in [0, 0.1) is 13.8 Å². The van der Waals surface area contributed by atoms with Crippen LogP contribution in [0.5, 0.6) is 0 Å². The zero-order valence-corrected chi connectivity index (χ0v) is 15.8. The average molecular weight is 365 g/mol. The number of rotatable bonds is 4. The van der Waals surface area contributed by atoms with Gasteiger partial charge >= 0.3 is 5.97 Å². The molecule has 1 aliphatic carbocycles. The van der Waals surface area contributed by atoms with E-state index >= 15 is 0 Å². The van der Waals surface area contributed by atoms with Crippen LogP contribution in [0.4, 0.5) is 5.82 Å². The van der Waals surface area contributed by atoms with Gasteiger partial charge in [-0.3, -0.25) is 0 Å². The predicted molar refractivity (Wildman–Crippen MR) is 103 cm³/mol. The predicted octanol–water partition coefficient (Wildman–Crippen LogP) is 4.51. The van der Waals surface area contributed by atoms with Crippen molar-refractivity contribution in [2.45, 2.75) is 46.1 Å².